The van der Waals surface area contributed by atoms with E-state index < -0.39 is 47.7 Å². The predicted molar refractivity (Wildman–Crippen MR) is 51.4 cm³/mol. The number of aliphatic carboxylic acids is 1. The molecule has 0 aliphatic carbocycles. The number of hydrogen-bond donors (Lipinski definition) is 2. The number of carbonyl (C=O) groups excluding carboxylic acids is 2. The van der Waals surface area contributed by atoms with Gasteiger partial charge in [-0.15, -0.1) is 0 Å². The first-order valence-corrected chi connectivity index (χ1v) is 5.14. The van der Waals surface area contributed by atoms with Crippen molar-refractivity contribution in [2.24, 2.45) is 11.8 Å². The maximum atomic E-state index is 11.7. The molecule has 6 heteroatoms. The number of nitrogens with zero attached hydrogens (tertiary/aromatic N) is 1. The highest BCUT2D eigenvalue weighted by molar-refractivity contribution is 6.11. The van der Waals surface area contributed by atoms with Crippen molar-refractivity contribution in [3.63, 3.8) is 0 Å². The van der Waals surface area contributed by atoms with Crippen molar-refractivity contribution in [1.29, 1.82) is 0 Å². The highest BCUT2D eigenvalue weighted by Gasteiger charge is 2.64. The minimum Gasteiger partial charge on any atom is -0.479 e. The molecule has 0 saturated carbocycles. The van der Waals surface area contributed by atoms with Gasteiger partial charge in [-0.3, -0.25) is 9.59 Å². The lowest BCUT2D eigenvalue weighted by atomic mass is 9.79. The summed E-state index contributed by atoms with van der Waals surface area (Å²) in [5.41, 5.74) is 0. The maximum Gasteiger partial charge on any atom is 0.334 e. The van der Waals surface area contributed by atoms with Gasteiger partial charge in [0.05, 0.1) is 18.1 Å². The normalized spacial score (nSPS) is 39.3. The molecule has 0 spiro atoms. The molecule has 16 heavy (non-hydrogen) atoms. The number of β-lactam (4-membered cyclic amide) rings is 1. The molecule has 2 saturated heterocycles. The van der Waals surface area contributed by atoms with E-state index >= 15 is 0 Å². The molecule has 5 atom stereocenters. The fourth-order valence-corrected chi connectivity index (χ4v) is 2.69. The Labute approximate surface area is 91.8 Å². The Balaban J connectivity index is 2.32. The molecule has 1 unspecified atom stereocenters. The van der Waals surface area contributed by atoms with Crippen LogP contribution in [0.25, 0.3) is 0 Å². The van der Waals surface area contributed by atoms with Crippen LogP contribution in [0.1, 0.15) is 13.8 Å². The third kappa shape index (κ3) is 1.13. The summed E-state index contributed by atoms with van der Waals surface area (Å²) in [5.74, 6) is -3.34. The molecule has 0 bridgehead atoms. The number of rotatable bonds is 2. The summed E-state index contributed by atoms with van der Waals surface area (Å²) in [6.07, 6.45) is -0.850. The van der Waals surface area contributed by atoms with Crippen molar-refractivity contribution in [2.75, 3.05) is 0 Å². The van der Waals surface area contributed by atoms with Crippen LogP contribution < -0.4 is 0 Å². The topological polar surface area (TPSA) is 94.9 Å². The molecule has 0 aromatic rings. The third-order valence-corrected chi connectivity index (χ3v) is 3.49. The molecule has 2 aliphatic heterocycles. The average molecular weight is 227 g/mol. The zero-order valence-electron chi connectivity index (χ0n) is 8.95. The number of hydrogen-bond acceptors (Lipinski definition) is 4. The molecule has 2 aliphatic rings. The van der Waals surface area contributed by atoms with Gasteiger partial charge in [0.15, 0.2) is 11.8 Å². The molecular weight excluding hydrogens is 214 g/mol. The highest BCUT2D eigenvalue weighted by Crippen LogP contribution is 2.42. The number of aliphatic hydroxyl groups is 1. The quantitative estimate of drug-likeness (QED) is 0.459. The third-order valence-electron chi connectivity index (χ3n) is 3.49. The molecule has 1 amide bonds. The van der Waals surface area contributed by atoms with E-state index in [4.69, 9.17) is 5.11 Å². The van der Waals surface area contributed by atoms with Crippen molar-refractivity contribution >= 4 is 17.7 Å². The van der Waals surface area contributed by atoms with E-state index in [1.807, 2.05) is 0 Å². The second-order valence-corrected chi connectivity index (χ2v) is 4.43. The lowest BCUT2D eigenvalue weighted by molar-refractivity contribution is -0.171. The molecule has 2 fully saturated rings. The van der Waals surface area contributed by atoms with Crippen LogP contribution in [-0.4, -0.2) is 51.0 Å². The monoisotopic (exact) mass is 227 g/mol. The van der Waals surface area contributed by atoms with Crippen LogP contribution in [0.2, 0.25) is 0 Å². The SMILES string of the molecule is C[C@@H]1C(=O)C(C(=O)O)N2C(=O)[C@@H]([C@@H](C)O)[C@@H]12. The first kappa shape index (κ1) is 11.1. The van der Waals surface area contributed by atoms with Gasteiger partial charge in [-0.1, -0.05) is 6.92 Å². The Hall–Kier alpha value is -1.43. The van der Waals surface area contributed by atoms with E-state index in [0.717, 1.165) is 4.90 Å². The molecule has 0 aromatic heterocycles. The van der Waals surface area contributed by atoms with Crippen molar-refractivity contribution in [1.82, 2.24) is 4.90 Å². The molecule has 2 heterocycles. The predicted octanol–water partition coefficient (Wildman–Crippen LogP) is -1.13. The molecule has 2 N–H and O–H groups in total. The Bertz CT molecular complexity index is 377. The Morgan fingerprint density at radius 1 is 1.44 bits per heavy atom. The van der Waals surface area contributed by atoms with Gasteiger partial charge >= 0.3 is 5.97 Å². The first-order valence-electron chi connectivity index (χ1n) is 5.14. The Morgan fingerprint density at radius 2 is 2.00 bits per heavy atom. The summed E-state index contributed by atoms with van der Waals surface area (Å²) >= 11 is 0. The number of aliphatic hydroxyl groups excluding tert-OH is 1. The van der Waals surface area contributed by atoms with Gasteiger partial charge in [0.25, 0.3) is 0 Å². The van der Waals surface area contributed by atoms with E-state index in [-0.39, 0.29) is 0 Å². The fraction of sp³-hybridized carbons (Fsp3) is 0.700. The smallest absolute Gasteiger partial charge is 0.334 e. The van der Waals surface area contributed by atoms with Crippen LogP contribution in [-0.2, 0) is 14.4 Å². The average Bonchev–Trinajstić information content (AvgIpc) is 2.38. The van der Waals surface area contributed by atoms with Gasteiger partial charge in [-0.2, -0.15) is 0 Å². The fourth-order valence-electron chi connectivity index (χ4n) is 2.69. The molecule has 2 rings (SSSR count). The molecule has 6 nitrogen and oxygen atoms in total. The standard InChI is InChI=1S/C10H13NO5/c1-3-6-5(4(2)12)9(14)11(6)7(8(3)13)10(15)16/h3-7,12H,1-2H3,(H,15,16)/t3-,4+,5-,6+,7?/m0/s1. The van der Waals surface area contributed by atoms with Crippen molar-refractivity contribution < 1.29 is 24.6 Å². The van der Waals surface area contributed by atoms with Gasteiger partial charge in [-0.05, 0) is 6.92 Å². The Kier molecular flexibility index (Phi) is 2.27. The van der Waals surface area contributed by atoms with Gasteiger partial charge in [-0.25, -0.2) is 4.79 Å². The molecular formula is C10H13NO5. The lowest BCUT2D eigenvalue weighted by Crippen LogP contribution is -2.65. The van der Waals surface area contributed by atoms with Gasteiger partial charge in [0.1, 0.15) is 0 Å². The summed E-state index contributed by atoms with van der Waals surface area (Å²) in [5, 5.41) is 18.3. The summed E-state index contributed by atoms with van der Waals surface area (Å²) in [7, 11) is 0. The number of carboxylic acid groups (broad SMARTS) is 1. The number of Topliss-reactive ketones (excluding diaryl/α,β-unsaturated/α-hetero) is 1. The van der Waals surface area contributed by atoms with E-state index in [1.165, 1.54) is 6.92 Å². The van der Waals surface area contributed by atoms with Crippen LogP contribution in [0.5, 0.6) is 0 Å². The number of carbonyl (C=O) groups is 3. The Morgan fingerprint density at radius 3 is 2.44 bits per heavy atom. The zero-order chi connectivity index (χ0) is 12.2. The molecule has 0 aromatic carbocycles. The van der Waals surface area contributed by atoms with Crippen LogP contribution in [0.15, 0.2) is 0 Å². The molecule has 88 valence electrons. The minimum atomic E-state index is -1.36. The van der Waals surface area contributed by atoms with Gasteiger partial charge in [0, 0.05) is 5.92 Å². The van der Waals surface area contributed by atoms with E-state index in [0.29, 0.717) is 0 Å². The summed E-state index contributed by atoms with van der Waals surface area (Å²) in [6, 6.07) is -1.82. The van der Waals surface area contributed by atoms with Crippen LogP contribution >= 0.6 is 0 Å². The largest absolute Gasteiger partial charge is 0.479 e. The summed E-state index contributed by atoms with van der Waals surface area (Å²) in [4.78, 5) is 35.3. The second kappa shape index (κ2) is 3.28. The molecule has 0 radical (unpaired) electrons. The van der Waals surface area contributed by atoms with Crippen molar-refractivity contribution in [2.45, 2.75) is 32.0 Å². The zero-order valence-corrected chi connectivity index (χ0v) is 8.95. The van der Waals surface area contributed by atoms with E-state index in [2.05, 4.69) is 0 Å². The second-order valence-electron chi connectivity index (χ2n) is 4.43. The van der Waals surface area contributed by atoms with E-state index in [9.17, 15) is 19.5 Å². The summed E-state index contributed by atoms with van der Waals surface area (Å²) in [6.45, 7) is 3.08. The lowest BCUT2D eigenvalue weighted by Gasteiger charge is -2.46. The van der Waals surface area contributed by atoms with Gasteiger partial charge in [0.2, 0.25) is 5.91 Å². The number of carboxylic acids is 1. The van der Waals surface area contributed by atoms with Crippen LogP contribution in [0.3, 0.4) is 0 Å². The highest BCUT2D eigenvalue weighted by atomic mass is 16.4. The first-order chi connectivity index (χ1) is 7.37. The van der Waals surface area contributed by atoms with E-state index in [1.54, 1.807) is 6.92 Å². The number of fused-ring (bicyclic) bond motifs is 1. The van der Waals surface area contributed by atoms with Crippen molar-refractivity contribution in [3.8, 4) is 0 Å². The van der Waals surface area contributed by atoms with Crippen molar-refractivity contribution in [3.05, 3.63) is 0 Å². The van der Waals surface area contributed by atoms with Crippen LogP contribution in [0, 0.1) is 11.8 Å². The van der Waals surface area contributed by atoms with Gasteiger partial charge < -0.3 is 15.1 Å². The number of amides is 1. The minimum absolute atomic E-state index is 0.440. The maximum absolute atomic E-state index is 11.7. The van der Waals surface area contributed by atoms with Crippen LogP contribution in [0.4, 0.5) is 0 Å². The number of ketones is 1. The summed E-state index contributed by atoms with van der Waals surface area (Å²) < 4.78 is 0.